The van der Waals surface area contributed by atoms with Crippen LogP contribution in [0.25, 0.3) is 4.96 Å². The van der Waals surface area contributed by atoms with Crippen molar-refractivity contribution in [2.24, 2.45) is 0 Å². The molecule has 0 bridgehead atoms. The monoisotopic (exact) mass is 269 g/mol. The molecule has 2 aromatic rings. The molecule has 0 aliphatic rings. The van der Waals surface area contributed by atoms with Crippen LogP contribution < -0.4 is 0 Å². The van der Waals surface area contributed by atoms with Crippen LogP contribution in [0.3, 0.4) is 0 Å². The highest BCUT2D eigenvalue weighted by Gasteiger charge is 2.22. The van der Waals surface area contributed by atoms with Crippen molar-refractivity contribution < 1.29 is 14.6 Å². The predicted molar refractivity (Wildman–Crippen MR) is 66.7 cm³/mol. The van der Waals surface area contributed by atoms with Crippen molar-refractivity contribution in [3.05, 3.63) is 16.4 Å². The molecule has 18 heavy (non-hydrogen) atoms. The summed E-state index contributed by atoms with van der Waals surface area (Å²) in [5, 5.41) is 14.6. The molecule has 2 heterocycles. The van der Waals surface area contributed by atoms with E-state index in [-0.39, 0.29) is 18.9 Å². The van der Waals surface area contributed by atoms with Crippen LogP contribution in [0.2, 0.25) is 0 Å². The van der Waals surface area contributed by atoms with Gasteiger partial charge in [-0.25, -0.2) is 14.3 Å². The molecule has 7 heteroatoms. The third kappa shape index (κ3) is 2.23. The third-order valence-electron chi connectivity index (χ3n) is 2.42. The summed E-state index contributed by atoms with van der Waals surface area (Å²) < 4.78 is 6.43. The van der Waals surface area contributed by atoms with Gasteiger partial charge in [-0.1, -0.05) is 18.3 Å². The number of rotatable bonds is 5. The van der Waals surface area contributed by atoms with Crippen molar-refractivity contribution in [3.8, 4) is 0 Å². The SMILES string of the molecule is CCCc1nn2c(CO)c(C(=O)OCC)nc2s1. The molecule has 0 radical (unpaired) electrons. The van der Waals surface area contributed by atoms with E-state index < -0.39 is 5.97 Å². The van der Waals surface area contributed by atoms with Gasteiger partial charge >= 0.3 is 5.97 Å². The summed E-state index contributed by atoms with van der Waals surface area (Å²) in [6.45, 7) is 3.79. The van der Waals surface area contributed by atoms with Crippen LogP contribution in [0.5, 0.6) is 0 Å². The van der Waals surface area contributed by atoms with E-state index >= 15 is 0 Å². The molecule has 0 unspecified atom stereocenters. The second-order valence-electron chi connectivity index (χ2n) is 3.73. The highest BCUT2D eigenvalue weighted by molar-refractivity contribution is 7.16. The number of hydrogen-bond donors (Lipinski definition) is 1. The molecule has 0 fully saturated rings. The Morgan fingerprint density at radius 2 is 2.28 bits per heavy atom. The lowest BCUT2D eigenvalue weighted by Crippen LogP contribution is -2.09. The fourth-order valence-corrected chi connectivity index (χ4v) is 2.66. The quantitative estimate of drug-likeness (QED) is 0.830. The van der Waals surface area contributed by atoms with Gasteiger partial charge in [0.1, 0.15) is 10.7 Å². The van der Waals surface area contributed by atoms with E-state index in [1.807, 2.05) is 0 Å². The lowest BCUT2D eigenvalue weighted by atomic mass is 10.3. The first-order valence-electron chi connectivity index (χ1n) is 5.86. The van der Waals surface area contributed by atoms with Gasteiger partial charge in [0, 0.05) is 6.42 Å². The molecule has 0 aliphatic carbocycles. The number of aliphatic hydroxyl groups excluding tert-OH is 1. The van der Waals surface area contributed by atoms with Gasteiger partial charge in [-0.3, -0.25) is 0 Å². The van der Waals surface area contributed by atoms with Crippen LogP contribution in [0, 0.1) is 0 Å². The Kier molecular flexibility index (Phi) is 3.93. The number of ether oxygens (including phenoxy) is 1. The van der Waals surface area contributed by atoms with Crippen LogP contribution in [0.4, 0.5) is 0 Å². The van der Waals surface area contributed by atoms with Crippen molar-refractivity contribution in [2.75, 3.05) is 6.61 Å². The molecule has 6 nitrogen and oxygen atoms in total. The molecular weight excluding hydrogens is 254 g/mol. The number of aliphatic hydroxyl groups is 1. The average molecular weight is 269 g/mol. The first-order chi connectivity index (χ1) is 8.71. The first kappa shape index (κ1) is 13.0. The number of fused-ring (bicyclic) bond motifs is 1. The molecule has 0 atom stereocenters. The number of nitrogens with zero attached hydrogens (tertiary/aromatic N) is 3. The Labute approximate surface area is 108 Å². The minimum atomic E-state index is -0.517. The van der Waals surface area contributed by atoms with E-state index in [1.165, 1.54) is 15.9 Å². The number of imidazole rings is 1. The number of hydrogen-bond acceptors (Lipinski definition) is 6. The Bertz CT molecular complexity index is 561. The minimum absolute atomic E-state index is 0.154. The summed E-state index contributed by atoms with van der Waals surface area (Å²) in [5.74, 6) is -0.517. The number of carbonyl (C=O) groups excluding carboxylic acids is 1. The lowest BCUT2D eigenvalue weighted by Gasteiger charge is -2.00. The summed E-state index contributed by atoms with van der Waals surface area (Å²) in [4.78, 5) is 16.5. The second kappa shape index (κ2) is 5.45. The Hall–Kier alpha value is -1.47. The zero-order chi connectivity index (χ0) is 13.1. The van der Waals surface area contributed by atoms with Crippen molar-refractivity contribution >= 4 is 22.3 Å². The van der Waals surface area contributed by atoms with Gasteiger partial charge in [0.15, 0.2) is 5.69 Å². The van der Waals surface area contributed by atoms with Crippen LogP contribution in [-0.4, -0.2) is 32.3 Å². The van der Waals surface area contributed by atoms with Gasteiger partial charge in [0.05, 0.1) is 13.2 Å². The molecule has 0 saturated heterocycles. The summed E-state index contributed by atoms with van der Waals surface area (Å²) in [6, 6.07) is 0. The molecule has 1 N–H and O–H groups in total. The van der Waals surface area contributed by atoms with Crippen LogP contribution in [-0.2, 0) is 17.8 Å². The minimum Gasteiger partial charge on any atom is -0.461 e. The molecule has 0 saturated carbocycles. The molecule has 0 aliphatic heterocycles. The topological polar surface area (TPSA) is 76.7 Å². The maximum Gasteiger partial charge on any atom is 0.359 e. The molecule has 0 amide bonds. The maximum absolute atomic E-state index is 11.7. The van der Waals surface area contributed by atoms with E-state index in [2.05, 4.69) is 17.0 Å². The molecule has 0 aromatic carbocycles. The van der Waals surface area contributed by atoms with Crippen molar-refractivity contribution in [1.82, 2.24) is 14.6 Å². The largest absolute Gasteiger partial charge is 0.461 e. The summed E-state index contributed by atoms with van der Waals surface area (Å²) in [6.07, 6.45) is 1.86. The van der Waals surface area contributed by atoms with E-state index in [4.69, 9.17) is 4.74 Å². The number of esters is 1. The molecule has 98 valence electrons. The van der Waals surface area contributed by atoms with E-state index in [1.54, 1.807) is 6.92 Å². The van der Waals surface area contributed by atoms with Crippen molar-refractivity contribution in [1.29, 1.82) is 0 Å². The van der Waals surface area contributed by atoms with Gasteiger partial charge in [0.2, 0.25) is 4.96 Å². The maximum atomic E-state index is 11.7. The fraction of sp³-hybridized carbons (Fsp3) is 0.545. The standard InChI is InChI=1S/C11H15N3O3S/c1-3-5-8-13-14-7(6-15)9(10(16)17-4-2)12-11(14)18-8/h15H,3-6H2,1-2H3. The normalized spacial score (nSPS) is 11.1. The lowest BCUT2D eigenvalue weighted by molar-refractivity contribution is 0.0516. The summed E-state index contributed by atoms with van der Waals surface area (Å²) in [5.41, 5.74) is 0.545. The highest BCUT2D eigenvalue weighted by atomic mass is 32.1. The van der Waals surface area contributed by atoms with E-state index in [0.29, 0.717) is 10.7 Å². The van der Waals surface area contributed by atoms with Crippen LogP contribution >= 0.6 is 11.3 Å². The summed E-state index contributed by atoms with van der Waals surface area (Å²) >= 11 is 1.43. The van der Waals surface area contributed by atoms with Gasteiger partial charge in [-0.2, -0.15) is 5.10 Å². The van der Waals surface area contributed by atoms with Crippen LogP contribution in [0.15, 0.2) is 0 Å². The van der Waals surface area contributed by atoms with Gasteiger partial charge in [-0.05, 0) is 13.3 Å². The Morgan fingerprint density at radius 1 is 1.50 bits per heavy atom. The molecule has 2 rings (SSSR count). The van der Waals surface area contributed by atoms with E-state index in [9.17, 15) is 9.90 Å². The second-order valence-corrected chi connectivity index (χ2v) is 4.77. The first-order valence-corrected chi connectivity index (χ1v) is 6.68. The molecule has 2 aromatic heterocycles. The Morgan fingerprint density at radius 3 is 2.89 bits per heavy atom. The van der Waals surface area contributed by atoms with Crippen LogP contribution in [0.1, 0.15) is 41.5 Å². The highest BCUT2D eigenvalue weighted by Crippen LogP contribution is 2.20. The smallest absolute Gasteiger partial charge is 0.359 e. The Balaban J connectivity index is 2.43. The fourth-order valence-electron chi connectivity index (χ4n) is 1.65. The van der Waals surface area contributed by atoms with Gasteiger partial charge < -0.3 is 9.84 Å². The average Bonchev–Trinajstić information content (AvgIpc) is 2.86. The predicted octanol–water partition coefficient (Wildman–Crippen LogP) is 1.41. The zero-order valence-electron chi connectivity index (χ0n) is 10.3. The van der Waals surface area contributed by atoms with Crippen molar-refractivity contribution in [3.63, 3.8) is 0 Å². The van der Waals surface area contributed by atoms with Gasteiger partial charge in [-0.15, -0.1) is 0 Å². The summed E-state index contributed by atoms with van der Waals surface area (Å²) in [7, 11) is 0. The molecule has 0 spiro atoms. The number of aromatic nitrogens is 3. The third-order valence-corrected chi connectivity index (χ3v) is 3.39. The zero-order valence-corrected chi connectivity index (χ0v) is 11.2. The number of carbonyl (C=O) groups is 1. The van der Waals surface area contributed by atoms with Gasteiger partial charge in [0.25, 0.3) is 0 Å². The van der Waals surface area contributed by atoms with E-state index in [0.717, 1.165) is 17.8 Å². The number of aryl methyl sites for hydroxylation is 1. The van der Waals surface area contributed by atoms with Crippen molar-refractivity contribution in [2.45, 2.75) is 33.3 Å². The molecular formula is C11H15N3O3S.